The second-order valence-electron chi connectivity index (χ2n) is 12.0. The molecule has 5 N–H and O–H groups in total. The first-order valence-electron chi connectivity index (χ1n) is 14.5. The van der Waals surface area contributed by atoms with Crippen molar-refractivity contribution in [1.82, 2.24) is 21.3 Å². The van der Waals surface area contributed by atoms with Gasteiger partial charge in [-0.2, -0.15) is 5.26 Å². The van der Waals surface area contributed by atoms with E-state index in [2.05, 4.69) is 21.3 Å². The molecule has 45 heavy (non-hydrogen) atoms. The molecule has 0 saturated heterocycles. The van der Waals surface area contributed by atoms with Crippen LogP contribution in [0.1, 0.15) is 58.2 Å². The van der Waals surface area contributed by atoms with E-state index in [-0.39, 0.29) is 24.4 Å². The number of nitrogens with one attached hydrogen (secondary N) is 4. The monoisotopic (exact) mass is 623 g/mol. The van der Waals surface area contributed by atoms with E-state index in [1.165, 1.54) is 31.2 Å². The molecule has 3 amide bonds. The van der Waals surface area contributed by atoms with Gasteiger partial charge in [0.25, 0.3) is 5.91 Å². The van der Waals surface area contributed by atoms with Crippen LogP contribution in [-0.4, -0.2) is 59.1 Å². The molecule has 0 fully saturated rings. The van der Waals surface area contributed by atoms with Crippen LogP contribution in [0.15, 0.2) is 48.0 Å². The quantitative estimate of drug-likeness (QED) is 0.0982. The predicted molar refractivity (Wildman–Crippen MR) is 167 cm³/mol. The minimum Gasteiger partial charge on any atom is -0.425 e. The molecule has 2 aromatic rings. The fraction of sp³-hybridized carbons (Fsp3) is 0.424. The molecule has 12 heteroatoms. The lowest BCUT2D eigenvalue weighted by atomic mass is 10.1. The van der Waals surface area contributed by atoms with E-state index in [4.69, 9.17) is 4.74 Å². The highest BCUT2D eigenvalue weighted by molar-refractivity contribution is 6.02. The average molecular weight is 624 g/mol. The first-order valence-corrected chi connectivity index (χ1v) is 14.5. The number of amides is 3. The lowest BCUT2D eigenvalue weighted by Crippen LogP contribution is -2.58. The Bertz CT molecular complexity index is 1460. The SMILES string of the molecule is Cc1ccc(CNC[C@H](NC(=O)[C@@H](NC(=O)C(C)C)[C@@H](C)O)C(=O)Oc2cccc(C=C(C#N)C(=O)NC(C)(C)C)c2)c(F)c1. The van der Waals surface area contributed by atoms with Crippen molar-refractivity contribution in [3.8, 4) is 11.8 Å². The average Bonchev–Trinajstić information content (AvgIpc) is 2.93. The van der Waals surface area contributed by atoms with Crippen LogP contribution in [0.5, 0.6) is 5.75 Å². The zero-order valence-corrected chi connectivity index (χ0v) is 26.7. The largest absolute Gasteiger partial charge is 0.425 e. The third-order valence-electron chi connectivity index (χ3n) is 6.30. The predicted octanol–water partition coefficient (Wildman–Crippen LogP) is 2.66. The van der Waals surface area contributed by atoms with Gasteiger partial charge in [0.15, 0.2) is 0 Å². The molecule has 0 aliphatic heterocycles. The third kappa shape index (κ3) is 12.1. The second-order valence-corrected chi connectivity index (χ2v) is 12.0. The van der Waals surface area contributed by atoms with Gasteiger partial charge < -0.3 is 31.1 Å². The Labute approximate surface area is 263 Å². The molecule has 2 aromatic carbocycles. The Kier molecular flexibility index (Phi) is 13.4. The van der Waals surface area contributed by atoms with Crippen molar-refractivity contribution in [3.63, 3.8) is 0 Å². The van der Waals surface area contributed by atoms with E-state index in [9.17, 15) is 33.9 Å². The number of esters is 1. The Balaban J connectivity index is 2.29. The number of rotatable bonds is 13. The maximum atomic E-state index is 14.4. The van der Waals surface area contributed by atoms with Gasteiger partial charge in [-0.05, 0) is 70.0 Å². The fourth-order valence-corrected chi connectivity index (χ4v) is 3.91. The number of hydrogen-bond donors (Lipinski definition) is 5. The smallest absolute Gasteiger partial charge is 0.335 e. The summed E-state index contributed by atoms with van der Waals surface area (Å²) < 4.78 is 19.9. The Morgan fingerprint density at radius 3 is 2.31 bits per heavy atom. The highest BCUT2D eigenvalue weighted by atomic mass is 19.1. The Hall–Kier alpha value is -4.60. The van der Waals surface area contributed by atoms with E-state index < -0.39 is 59.2 Å². The van der Waals surface area contributed by atoms with Crippen molar-refractivity contribution in [2.24, 2.45) is 5.92 Å². The minimum absolute atomic E-state index is 0.0313. The Morgan fingerprint density at radius 1 is 1.04 bits per heavy atom. The van der Waals surface area contributed by atoms with E-state index >= 15 is 0 Å². The molecule has 3 atom stereocenters. The summed E-state index contributed by atoms with van der Waals surface area (Å²) in [4.78, 5) is 51.2. The highest BCUT2D eigenvalue weighted by Gasteiger charge is 2.31. The molecule has 0 aliphatic carbocycles. The van der Waals surface area contributed by atoms with Gasteiger partial charge in [-0.1, -0.05) is 38.1 Å². The maximum absolute atomic E-state index is 14.4. The summed E-state index contributed by atoms with van der Waals surface area (Å²) in [5.74, 6) is -3.60. The summed E-state index contributed by atoms with van der Waals surface area (Å²) in [5, 5.41) is 30.3. The van der Waals surface area contributed by atoms with Crippen molar-refractivity contribution >= 4 is 29.8 Å². The van der Waals surface area contributed by atoms with Crippen molar-refractivity contribution in [2.45, 2.75) is 78.7 Å². The van der Waals surface area contributed by atoms with Gasteiger partial charge in [0, 0.05) is 30.1 Å². The van der Waals surface area contributed by atoms with Gasteiger partial charge in [-0.25, -0.2) is 9.18 Å². The van der Waals surface area contributed by atoms with Crippen molar-refractivity contribution in [1.29, 1.82) is 5.26 Å². The first-order chi connectivity index (χ1) is 21.0. The number of nitrogens with zero attached hydrogens (tertiary/aromatic N) is 1. The van der Waals surface area contributed by atoms with Crippen LogP contribution in [0.25, 0.3) is 6.08 Å². The highest BCUT2D eigenvalue weighted by Crippen LogP contribution is 2.17. The molecule has 0 heterocycles. The zero-order valence-electron chi connectivity index (χ0n) is 26.7. The van der Waals surface area contributed by atoms with Crippen LogP contribution < -0.4 is 26.0 Å². The molecular weight excluding hydrogens is 581 g/mol. The number of ether oxygens (including phenoxy) is 1. The summed E-state index contributed by atoms with van der Waals surface area (Å²) in [6.07, 6.45) is 0.0623. The van der Waals surface area contributed by atoms with E-state index in [0.717, 1.165) is 5.56 Å². The molecule has 242 valence electrons. The van der Waals surface area contributed by atoms with Crippen LogP contribution in [0, 0.1) is 30.0 Å². The second kappa shape index (κ2) is 16.5. The van der Waals surface area contributed by atoms with E-state index in [0.29, 0.717) is 11.1 Å². The van der Waals surface area contributed by atoms with Gasteiger partial charge in [0.05, 0.1) is 6.10 Å². The van der Waals surface area contributed by atoms with Crippen LogP contribution >= 0.6 is 0 Å². The number of nitriles is 1. The summed E-state index contributed by atoms with van der Waals surface area (Å²) in [6.45, 7) is 11.5. The van der Waals surface area contributed by atoms with Gasteiger partial charge in [0.1, 0.15) is 35.3 Å². The summed E-state index contributed by atoms with van der Waals surface area (Å²) in [6, 6.07) is 9.99. The number of aryl methyl sites for hydroxylation is 1. The van der Waals surface area contributed by atoms with Crippen LogP contribution in [0.3, 0.4) is 0 Å². The standard InChI is InChI=1S/C33H42FN5O6/c1-19(2)29(41)38-28(21(4)40)31(43)37-27(18-36-17-23-12-11-20(3)13-26(23)34)32(44)45-25-10-8-9-22(15-25)14-24(16-35)30(42)39-33(5,6)7/h8-15,19,21,27-28,36,40H,17-18H2,1-7H3,(H,37,43)(H,38,41)(H,39,42)/t21-,27+,28+/m1/s1. The van der Waals surface area contributed by atoms with Gasteiger partial charge in [0.2, 0.25) is 11.8 Å². The van der Waals surface area contributed by atoms with Gasteiger partial charge in [-0.15, -0.1) is 0 Å². The van der Waals surface area contributed by atoms with Gasteiger partial charge in [-0.3, -0.25) is 14.4 Å². The Morgan fingerprint density at radius 2 is 1.73 bits per heavy atom. The molecule has 0 aliphatic rings. The molecule has 0 radical (unpaired) electrons. The lowest BCUT2D eigenvalue weighted by Gasteiger charge is -2.25. The molecule has 2 rings (SSSR count). The molecule has 0 aromatic heterocycles. The zero-order chi connectivity index (χ0) is 33.9. The fourth-order valence-electron chi connectivity index (χ4n) is 3.91. The number of aliphatic hydroxyl groups excluding tert-OH is 1. The lowest BCUT2D eigenvalue weighted by molar-refractivity contribution is -0.140. The van der Waals surface area contributed by atoms with Gasteiger partial charge >= 0.3 is 5.97 Å². The molecule has 0 bridgehead atoms. The normalized spacial score (nSPS) is 13.7. The minimum atomic E-state index is -1.36. The third-order valence-corrected chi connectivity index (χ3v) is 6.30. The topological polar surface area (TPSA) is 170 Å². The first kappa shape index (κ1) is 36.6. The molecular formula is C33H42FN5O6. The van der Waals surface area contributed by atoms with E-state index in [1.807, 2.05) is 6.07 Å². The van der Waals surface area contributed by atoms with Crippen molar-refractivity contribution in [3.05, 3.63) is 70.5 Å². The van der Waals surface area contributed by atoms with Crippen molar-refractivity contribution < 1.29 is 33.4 Å². The van der Waals surface area contributed by atoms with Crippen molar-refractivity contribution in [2.75, 3.05) is 6.54 Å². The number of halogens is 1. The number of aliphatic hydroxyl groups is 1. The summed E-state index contributed by atoms with van der Waals surface area (Å²) in [7, 11) is 0. The number of benzene rings is 2. The van der Waals surface area contributed by atoms with Crippen LogP contribution in [0.2, 0.25) is 0 Å². The maximum Gasteiger partial charge on any atom is 0.335 e. The van der Waals surface area contributed by atoms with Crippen LogP contribution in [-0.2, 0) is 25.7 Å². The van der Waals surface area contributed by atoms with E-state index in [1.54, 1.807) is 65.8 Å². The molecule has 0 saturated carbocycles. The number of carbonyl (C=O) groups is 4. The molecule has 0 unspecified atom stereocenters. The van der Waals surface area contributed by atoms with Crippen LogP contribution in [0.4, 0.5) is 4.39 Å². The number of carbonyl (C=O) groups excluding carboxylic acids is 4. The summed E-state index contributed by atoms with van der Waals surface area (Å²) in [5.41, 5.74) is 0.770. The number of hydrogen-bond acceptors (Lipinski definition) is 8. The molecule has 0 spiro atoms. The summed E-state index contributed by atoms with van der Waals surface area (Å²) >= 11 is 0. The molecule has 11 nitrogen and oxygen atoms in total.